The molecule has 5 rings (SSSR count). The molecular weight excluding hydrogens is 583 g/mol. The average Bonchev–Trinajstić information content (AvgIpc) is 2.90. The lowest BCUT2D eigenvalue weighted by Gasteiger charge is -2.43. The minimum atomic E-state index is -5.46. The van der Waals surface area contributed by atoms with Gasteiger partial charge in [-0.05, 0) is 41.0 Å². The predicted octanol–water partition coefficient (Wildman–Crippen LogP) is 9.56. The number of anilines is 3. The first-order chi connectivity index (χ1) is 19.0. The molecule has 1 aliphatic heterocycles. The molecule has 4 aromatic rings. The third-order valence-electron chi connectivity index (χ3n) is 7.17. The maximum atomic E-state index is 14.8. The van der Waals surface area contributed by atoms with Crippen LogP contribution in [0.5, 0.6) is 0 Å². The van der Waals surface area contributed by atoms with Crippen LogP contribution in [0.3, 0.4) is 0 Å². The van der Waals surface area contributed by atoms with Gasteiger partial charge in [0.2, 0.25) is 0 Å². The Balaban J connectivity index is 1.96. The molecule has 0 spiro atoms. The van der Waals surface area contributed by atoms with Crippen LogP contribution < -0.4 is 10.2 Å². The molecule has 0 saturated heterocycles. The van der Waals surface area contributed by atoms with E-state index in [-0.39, 0.29) is 23.5 Å². The van der Waals surface area contributed by atoms with Crippen LogP contribution in [-0.2, 0) is 17.8 Å². The van der Waals surface area contributed by atoms with E-state index in [4.69, 9.17) is 0 Å². The fourth-order valence-electron chi connectivity index (χ4n) is 5.29. The van der Waals surface area contributed by atoms with Gasteiger partial charge in [-0.1, -0.05) is 50.2 Å². The molecule has 0 aliphatic carbocycles. The summed E-state index contributed by atoms with van der Waals surface area (Å²) in [6.07, 6.45) is -10.9. The maximum absolute atomic E-state index is 14.8. The van der Waals surface area contributed by atoms with E-state index in [0.29, 0.717) is 11.1 Å². The predicted molar refractivity (Wildman–Crippen MR) is 138 cm³/mol. The molecule has 1 heterocycles. The summed E-state index contributed by atoms with van der Waals surface area (Å²) in [5.41, 5.74) is -7.31. The molecular formula is C29H18F10NP. The molecule has 12 heteroatoms. The van der Waals surface area contributed by atoms with Gasteiger partial charge in [-0.3, -0.25) is 0 Å². The van der Waals surface area contributed by atoms with Crippen molar-refractivity contribution < 1.29 is 43.9 Å². The number of hydrogen-bond donors (Lipinski definition) is 0. The van der Waals surface area contributed by atoms with E-state index < -0.39 is 74.3 Å². The number of hydrogen-bond acceptors (Lipinski definition) is 1. The Bertz CT molecular complexity index is 1590. The highest BCUT2D eigenvalue weighted by molar-refractivity contribution is 7.28. The van der Waals surface area contributed by atoms with Crippen molar-refractivity contribution in [3.8, 4) is 11.1 Å². The SMILES string of the molecule is CC1(C)c2ccccc2N(c2c(C(F)(F)F)cc(-c3c(F)c(F)c(F)c(F)c3P)cc2C(F)(F)F)c2ccccc21. The van der Waals surface area contributed by atoms with E-state index in [0.717, 1.165) is 4.90 Å². The van der Waals surface area contributed by atoms with Gasteiger partial charge in [0.1, 0.15) is 0 Å². The zero-order chi connectivity index (χ0) is 30.2. The molecule has 4 aromatic carbocycles. The Morgan fingerprint density at radius 2 is 1.05 bits per heavy atom. The minimum absolute atomic E-state index is 0.0386. The highest BCUT2D eigenvalue weighted by atomic mass is 31.0. The van der Waals surface area contributed by atoms with Crippen molar-refractivity contribution in [3.63, 3.8) is 0 Å². The van der Waals surface area contributed by atoms with Gasteiger partial charge in [0, 0.05) is 16.3 Å². The Morgan fingerprint density at radius 3 is 1.49 bits per heavy atom. The van der Waals surface area contributed by atoms with Crippen LogP contribution in [0.15, 0.2) is 60.7 Å². The van der Waals surface area contributed by atoms with Crippen molar-refractivity contribution in [1.29, 1.82) is 0 Å². The average molecular weight is 601 g/mol. The normalized spacial score (nSPS) is 14.6. The number of benzene rings is 4. The lowest BCUT2D eigenvalue weighted by atomic mass is 9.73. The van der Waals surface area contributed by atoms with E-state index in [1.165, 1.54) is 33.5 Å². The van der Waals surface area contributed by atoms with Crippen LogP contribution in [-0.4, -0.2) is 0 Å². The number of halogens is 10. The second-order valence-corrected chi connectivity index (χ2v) is 10.5. The molecule has 0 N–H and O–H groups in total. The Morgan fingerprint density at radius 1 is 0.634 bits per heavy atom. The summed E-state index contributed by atoms with van der Waals surface area (Å²) >= 11 is 0. The topological polar surface area (TPSA) is 3.24 Å². The molecule has 41 heavy (non-hydrogen) atoms. The van der Waals surface area contributed by atoms with Gasteiger partial charge in [0.05, 0.1) is 28.2 Å². The first-order valence-electron chi connectivity index (χ1n) is 11.9. The van der Waals surface area contributed by atoms with E-state index in [2.05, 4.69) is 0 Å². The molecule has 1 unspecified atom stereocenters. The zero-order valence-electron chi connectivity index (χ0n) is 21.1. The van der Waals surface area contributed by atoms with Crippen LogP contribution in [0.25, 0.3) is 11.1 Å². The number of rotatable bonds is 2. The largest absolute Gasteiger partial charge is 0.418 e. The smallest absolute Gasteiger partial charge is 0.309 e. The highest BCUT2D eigenvalue weighted by Gasteiger charge is 2.47. The van der Waals surface area contributed by atoms with E-state index >= 15 is 0 Å². The molecule has 0 radical (unpaired) electrons. The quantitative estimate of drug-likeness (QED) is 0.0958. The number of para-hydroxylation sites is 2. The highest BCUT2D eigenvalue weighted by Crippen LogP contribution is 2.56. The van der Waals surface area contributed by atoms with Gasteiger partial charge in [-0.15, -0.1) is 9.24 Å². The van der Waals surface area contributed by atoms with Crippen molar-refractivity contribution >= 4 is 31.6 Å². The summed E-state index contributed by atoms with van der Waals surface area (Å²) in [4.78, 5) is 0.842. The van der Waals surface area contributed by atoms with Crippen LogP contribution in [0.1, 0.15) is 36.1 Å². The van der Waals surface area contributed by atoms with Gasteiger partial charge in [0.25, 0.3) is 0 Å². The summed E-state index contributed by atoms with van der Waals surface area (Å²) in [6, 6.07) is 12.4. The van der Waals surface area contributed by atoms with Crippen LogP contribution in [0, 0.1) is 23.3 Å². The first-order valence-corrected chi connectivity index (χ1v) is 12.5. The fourth-order valence-corrected chi connectivity index (χ4v) is 5.71. The number of fused-ring (bicyclic) bond motifs is 2. The fraction of sp³-hybridized carbons (Fsp3) is 0.172. The summed E-state index contributed by atoms with van der Waals surface area (Å²) < 4.78 is 145. The number of nitrogens with zero attached hydrogens (tertiary/aromatic N) is 1. The molecule has 214 valence electrons. The van der Waals surface area contributed by atoms with Gasteiger partial charge >= 0.3 is 12.4 Å². The number of alkyl halides is 6. The van der Waals surface area contributed by atoms with Crippen LogP contribution >= 0.6 is 9.24 Å². The second-order valence-electron chi connectivity index (χ2n) is 9.95. The molecule has 0 aromatic heterocycles. The monoisotopic (exact) mass is 601 g/mol. The van der Waals surface area contributed by atoms with Crippen molar-refractivity contribution in [1.82, 2.24) is 0 Å². The van der Waals surface area contributed by atoms with Crippen molar-refractivity contribution in [2.45, 2.75) is 31.6 Å². The van der Waals surface area contributed by atoms with Crippen molar-refractivity contribution in [3.05, 3.63) is 106 Å². The summed E-state index contributed by atoms with van der Waals surface area (Å²) in [6.45, 7) is 3.56. The molecule has 0 saturated carbocycles. The third kappa shape index (κ3) is 4.45. The van der Waals surface area contributed by atoms with Gasteiger partial charge in [-0.25, -0.2) is 17.6 Å². The van der Waals surface area contributed by atoms with Gasteiger partial charge < -0.3 is 4.90 Å². The zero-order valence-corrected chi connectivity index (χ0v) is 22.2. The van der Waals surface area contributed by atoms with E-state index in [1.54, 1.807) is 38.1 Å². The van der Waals surface area contributed by atoms with Crippen molar-refractivity contribution in [2.75, 3.05) is 4.90 Å². The summed E-state index contributed by atoms with van der Waals surface area (Å²) in [5, 5.41) is -1.08. The van der Waals surface area contributed by atoms with E-state index in [9.17, 15) is 43.9 Å². The molecule has 1 aliphatic rings. The lowest BCUT2D eigenvalue weighted by Crippen LogP contribution is -2.32. The Kier molecular flexibility index (Phi) is 6.68. The lowest BCUT2D eigenvalue weighted by molar-refractivity contribution is -0.141. The summed E-state index contributed by atoms with van der Waals surface area (Å²) in [5.74, 6) is -8.75. The van der Waals surface area contributed by atoms with Crippen molar-refractivity contribution in [2.24, 2.45) is 0 Å². The molecule has 1 nitrogen and oxygen atoms in total. The van der Waals surface area contributed by atoms with E-state index in [1.807, 2.05) is 0 Å². The Labute approximate surface area is 229 Å². The standard InChI is InChI=1S/C29H18F10NP/c1-27(2)14-7-3-5-9-18(14)40(19-10-6-4-8-15(19)27)25-16(28(34,35)36)11-13(12-17(25)29(37,38)39)20-21(30)22(31)23(32)24(33)26(20)41/h3-12H,41H2,1-2H3. The first kappa shape index (κ1) is 28.9. The van der Waals surface area contributed by atoms with Crippen LogP contribution in [0.2, 0.25) is 0 Å². The van der Waals surface area contributed by atoms with Gasteiger partial charge in [-0.2, -0.15) is 26.3 Å². The molecule has 0 amide bonds. The Hall–Kier alpha value is -3.59. The summed E-state index contributed by atoms with van der Waals surface area (Å²) in [7, 11) is 1.50. The van der Waals surface area contributed by atoms with Crippen LogP contribution in [0.4, 0.5) is 61.0 Å². The van der Waals surface area contributed by atoms with Gasteiger partial charge in [0.15, 0.2) is 23.3 Å². The third-order valence-corrected chi connectivity index (χ3v) is 7.72. The molecule has 1 atom stereocenters. The second kappa shape index (κ2) is 9.48. The molecule has 0 fully saturated rings. The molecule has 0 bridgehead atoms. The maximum Gasteiger partial charge on any atom is 0.418 e. The minimum Gasteiger partial charge on any atom is -0.309 e.